The van der Waals surface area contributed by atoms with Crippen LogP contribution in [0.1, 0.15) is 66.8 Å². The predicted molar refractivity (Wildman–Crippen MR) is 113 cm³/mol. The number of nitrogens with zero attached hydrogens (tertiary/aromatic N) is 1. The van der Waals surface area contributed by atoms with E-state index in [4.69, 9.17) is 13.9 Å². The third-order valence-electron chi connectivity index (χ3n) is 6.93. The molecule has 2 aliphatic heterocycles. The summed E-state index contributed by atoms with van der Waals surface area (Å²) >= 11 is 0. The molecule has 1 aliphatic carbocycles. The normalized spacial score (nSPS) is 21.1. The lowest BCUT2D eigenvalue weighted by molar-refractivity contribution is -0.135. The van der Waals surface area contributed by atoms with Crippen LogP contribution in [0.4, 0.5) is 0 Å². The van der Waals surface area contributed by atoms with Crippen LogP contribution in [0.5, 0.6) is 11.5 Å². The molecule has 1 aromatic heterocycles. The summed E-state index contributed by atoms with van der Waals surface area (Å²) in [6.07, 6.45) is 6.21. The molecule has 164 valence electrons. The number of fused-ring (bicyclic) bond motifs is 3. The molecule has 5 rings (SSSR count). The maximum absolute atomic E-state index is 13.2. The highest BCUT2D eigenvalue weighted by Crippen LogP contribution is 2.51. The van der Waals surface area contributed by atoms with Gasteiger partial charge in [-0.2, -0.15) is 0 Å². The molecule has 3 heterocycles. The number of carbonyl (C=O) groups excluding carboxylic acids is 2. The van der Waals surface area contributed by atoms with Crippen LogP contribution in [0, 0.1) is 0 Å². The second-order valence-electron chi connectivity index (χ2n) is 8.75. The van der Waals surface area contributed by atoms with Crippen LogP contribution in [0.25, 0.3) is 0 Å². The van der Waals surface area contributed by atoms with Crippen LogP contribution < -0.4 is 14.8 Å². The number of nitrogens with one attached hydrogen (secondary N) is 1. The summed E-state index contributed by atoms with van der Waals surface area (Å²) in [6.45, 7) is 4.19. The van der Waals surface area contributed by atoms with E-state index in [-0.39, 0.29) is 42.0 Å². The van der Waals surface area contributed by atoms with Crippen molar-refractivity contribution in [2.24, 2.45) is 0 Å². The van der Waals surface area contributed by atoms with Gasteiger partial charge in [0.2, 0.25) is 5.91 Å². The molecule has 0 radical (unpaired) electrons. The fourth-order valence-corrected chi connectivity index (χ4v) is 5.33. The maximum atomic E-state index is 13.2. The fraction of sp³-hybridized carbons (Fsp3) is 0.500. The SMILES string of the molecule is C[C@H]1c2cc3c(cc2C2(CCCC2)CN1C(=O)CCNC(=O)c1ccco1)OCCO3. The van der Waals surface area contributed by atoms with Gasteiger partial charge in [0, 0.05) is 24.9 Å². The van der Waals surface area contributed by atoms with Gasteiger partial charge < -0.3 is 24.1 Å². The van der Waals surface area contributed by atoms with Gasteiger partial charge >= 0.3 is 0 Å². The zero-order chi connectivity index (χ0) is 21.4. The predicted octanol–water partition coefficient (Wildman–Crippen LogP) is 3.59. The van der Waals surface area contributed by atoms with Crippen LogP contribution in [0.3, 0.4) is 0 Å². The van der Waals surface area contributed by atoms with Gasteiger partial charge in [0.25, 0.3) is 5.91 Å². The first-order chi connectivity index (χ1) is 15.1. The second-order valence-corrected chi connectivity index (χ2v) is 8.75. The Bertz CT molecular complexity index is 978. The molecular weight excluding hydrogens is 396 g/mol. The Hall–Kier alpha value is -2.96. The van der Waals surface area contributed by atoms with Crippen LogP contribution >= 0.6 is 0 Å². The lowest BCUT2D eigenvalue weighted by Gasteiger charge is -2.46. The van der Waals surface area contributed by atoms with Gasteiger partial charge in [-0.1, -0.05) is 12.8 Å². The molecule has 1 spiro atoms. The molecule has 0 bridgehead atoms. The van der Waals surface area contributed by atoms with Crippen LogP contribution in [-0.2, 0) is 10.2 Å². The van der Waals surface area contributed by atoms with E-state index in [0.717, 1.165) is 29.9 Å². The zero-order valence-corrected chi connectivity index (χ0v) is 17.8. The maximum Gasteiger partial charge on any atom is 0.286 e. The molecule has 1 fully saturated rings. The summed E-state index contributed by atoms with van der Waals surface area (Å²) in [7, 11) is 0. The number of hydrogen-bond donors (Lipinski definition) is 1. The van der Waals surface area contributed by atoms with Gasteiger partial charge in [0.05, 0.1) is 12.3 Å². The monoisotopic (exact) mass is 424 g/mol. The Balaban J connectivity index is 1.35. The Morgan fingerprint density at radius 3 is 2.61 bits per heavy atom. The first-order valence-electron chi connectivity index (χ1n) is 11.1. The minimum atomic E-state index is -0.300. The molecule has 1 N–H and O–H groups in total. The molecule has 31 heavy (non-hydrogen) atoms. The van der Waals surface area contributed by atoms with E-state index in [2.05, 4.69) is 24.4 Å². The van der Waals surface area contributed by atoms with E-state index in [1.54, 1.807) is 12.1 Å². The van der Waals surface area contributed by atoms with E-state index < -0.39 is 0 Å². The second kappa shape index (κ2) is 7.94. The zero-order valence-electron chi connectivity index (χ0n) is 17.8. The molecule has 7 heteroatoms. The van der Waals surface area contributed by atoms with Gasteiger partial charge in [0.15, 0.2) is 17.3 Å². The number of ether oxygens (including phenoxy) is 2. The van der Waals surface area contributed by atoms with Crippen molar-refractivity contribution in [3.05, 3.63) is 47.4 Å². The molecule has 1 aromatic carbocycles. The number of benzene rings is 1. The Kier molecular flexibility index (Phi) is 5.12. The van der Waals surface area contributed by atoms with Gasteiger partial charge in [0.1, 0.15) is 13.2 Å². The average Bonchev–Trinajstić information content (AvgIpc) is 3.48. The van der Waals surface area contributed by atoms with E-state index in [1.807, 2.05) is 4.90 Å². The molecule has 1 saturated carbocycles. The molecule has 0 unspecified atom stereocenters. The van der Waals surface area contributed by atoms with Crippen LogP contribution in [0.15, 0.2) is 34.9 Å². The van der Waals surface area contributed by atoms with E-state index in [1.165, 1.54) is 24.7 Å². The molecule has 2 aromatic rings. The lowest BCUT2D eigenvalue weighted by atomic mass is 9.71. The van der Waals surface area contributed by atoms with Crippen molar-refractivity contribution in [1.29, 1.82) is 0 Å². The summed E-state index contributed by atoms with van der Waals surface area (Å²) in [5, 5.41) is 2.77. The topological polar surface area (TPSA) is 81.0 Å². The third kappa shape index (κ3) is 3.56. The highest BCUT2D eigenvalue weighted by molar-refractivity contribution is 5.91. The quantitative estimate of drug-likeness (QED) is 0.811. The highest BCUT2D eigenvalue weighted by Gasteiger charge is 2.46. The number of rotatable bonds is 4. The van der Waals surface area contributed by atoms with Gasteiger partial charge in [-0.15, -0.1) is 0 Å². The van der Waals surface area contributed by atoms with E-state index >= 15 is 0 Å². The number of furan rings is 1. The lowest BCUT2D eigenvalue weighted by Crippen LogP contribution is -2.49. The molecule has 2 amide bonds. The number of amides is 2. The van der Waals surface area contributed by atoms with Crippen molar-refractivity contribution in [3.63, 3.8) is 0 Å². The van der Waals surface area contributed by atoms with E-state index in [9.17, 15) is 9.59 Å². The summed E-state index contributed by atoms with van der Waals surface area (Å²) in [5.74, 6) is 1.60. The molecule has 3 aliphatic rings. The van der Waals surface area contributed by atoms with Crippen molar-refractivity contribution < 1.29 is 23.5 Å². The standard InChI is InChI=1S/C24H28N2O5/c1-16-17-13-20-21(31-12-11-30-20)14-18(17)24(7-2-3-8-24)15-26(16)22(27)6-9-25-23(28)19-5-4-10-29-19/h4-5,10,13-14,16H,2-3,6-9,11-12,15H2,1H3,(H,25,28)/t16-/m0/s1. The summed E-state index contributed by atoms with van der Waals surface area (Å²) in [5.41, 5.74) is 2.45. The number of hydrogen-bond acceptors (Lipinski definition) is 5. The summed E-state index contributed by atoms with van der Waals surface area (Å²) in [4.78, 5) is 27.3. The van der Waals surface area contributed by atoms with Crippen LogP contribution in [-0.4, -0.2) is 43.0 Å². The molecule has 7 nitrogen and oxygen atoms in total. The average molecular weight is 424 g/mol. The van der Waals surface area contributed by atoms with Crippen LogP contribution in [0.2, 0.25) is 0 Å². The molecule has 1 atom stereocenters. The smallest absolute Gasteiger partial charge is 0.286 e. The first-order valence-corrected chi connectivity index (χ1v) is 11.1. The molecular formula is C24H28N2O5. The third-order valence-corrected chi connectivity index (χ3v) is 6.93. The fourth-order valence-electron chi connectivity index (χ4n) is 5.33. The highest BCUT2D eigenvalue weighted by atomic mass is 16.6. The van der Waals surface area contributed by atoms with Gasteiger partial charge in [-0.3, -0.25) is 9.59 Å². The van der Waals surface area contributed by atoms with Crippen molar-refractivity contribution in [1.82, 2.24) is 10.2 Å². The first kappa shape index (κ1) is 20.0. The molecule has 0 saturated heterocycles. The number of carbonyl (C=O) groups is 2. The van der Waals surface area contributed by atoms with Crippen molar-refractivity contribution in [2.75, 3.05) is 26.3 Å². The minimum absolute atomic E-state index is 0.0231. The Morgan fingerprint density at radius 2 is 1.90 bits per heavy atom. The van der Waals surface area contributed by atoms with Crippen molar-refractivity contribution in [2.45, 2.75) is 50.5 Å². The van der Waals surface area contributed by atoms with Crippen molar-refractivity contribution >= 4 is 11.8 Å². The Labute approximate surface area is 181 Å². The van der Waals surface area contributed by atoms with E-state index in [0.29, 0.717) is 19.8 Å². The minimum Gasteiger partial charge on any atom is -0.486 e. The summed E-state index contributed by atoms with van der Waals surface area (Å²) in [6, 6.07) is 7.47. The Morgan fingerprint density at radius 1 is 1.16 bits per heavy atom. The van der Waals surface area contributed by atoms with Crippen molar-refractivity contribution in [3.8, 4) is 11.5 Å². The largest absolute Gasteiger partial charge is 0.486 e. The van der Waals surface area contributed by atoms with Gasteiger partial charge in [-0.05, 0) is 55.2 Å². The van der Waals surface area contributed by atoms with Gasteiger partial charge in [-0.25, -0.2) is 0 Å². The summed E-state index contributed by atoms with van der Waals surface area (Å²) < 4.78 is 16.8.